The largest absolute Gasteiger partial charge is 0.459 e. The first-order valence-corrected chi connectivity index (χ1v) is 4.51. The maximum atomic E-state index is 12.9. The highest BCUT2D eigenvalue weighted by Gasteiger charge is 2.88. The second-order valence-electron chi connectivity index (χ2n) is 3.64. The summed E-state index contributed by atoms with van der Waals surface area (Å²) in [7, 11) is 0. The quantitative estimate of drug-likeness (QED) is 0.540. The van der Waals surface area contributed by atoms with E-state index in [-0.39, 0.29) is 0 Å². The third-order valence-electron chi connectivity index (χ3n) is 2.07. The lowest BCUT2D eigenvalue weighted by atomic mass is 10.0. The van der Waals surface area contributed by atoms with Crippen LogP contribution >= 0.6 is 0 Å². The molecule has 23 heavy (non-hydrogen) atoms. The SMILES string of the molecule is O=C(F)C(F)(OC(F)(F)C(F)(C(F)(F)F)C(F)(F)F)C(F)(F)F. The lowest BCUT2D eigenvalue weighted by Gasteiger charge is -2.37. The van der Waals surface area contributed by atoms with Crippen molar-refractivity contribution >= 4 is 6.04 Å². The summed E-state index contributed by atoms with van der Waals surface area (Å²) in [5.74, 6) is -6.98. The Morgan fingerprint density at radius 2 is 0.913 bits per heavy atom. The fourth-order valence-electron chi connectivity index (χ4n) is 0.947. The predicted molar refractivity (Wildman–Crippen MR) is 38.0 cm³/mol. The van der Waals surface area contributed by atoms with Crippen LogP contribution in [0.15, 0.2) is 0 Å². The van der Waals surface area contributed by atoms with Crippen molar-refractivity contribution in [3.8, 4) is 0 Å². The number of hydrogen-bond acceptors (Lipinski definition) is 2. The highest BCUT2D eigenvalue weighted by Crippen LogP contribution is 2.57. The molecule has 0 saturated carbocycles. The summed E-state index contributed by atoms with van der Waals surface area (Å²) < 4.78 is 172. The molecule has 1 atom stereocenters. The molecule has 0 aromatic heterocycles. The average Bonchev–Trinajstić information content (AvgIpc) is 2.21. The molecule has 0 fully saturated rings. The molecule has 0 aliphatic heterocycles. The minimum atomic E-state index is -7.88. The van der Waals surface area contributed by atoms with E-state index in [0.717, 1.165) is 0 Å². The summed E-state index contributed by atoms with van der Waals surface area (Å²) in [6.07, 6.45) is -30.3. The smallest absolute Gasteiger partial charge is 0.263 e. The Balaban J connectivity index is 6.29. The van der Waals surface area contributed by atoms with Gasteiger partial charge in [0.2, 0.25) is 0 Å². The van der Waals surface area contributed by atoms with Gasteiger partial charge in [0.15, 0.2) is 0 Å². The molecular formula is C7F14O2. The first kappa shape index (κ1) is 21.6. The molecule has 0 bridgehead atoms. The van der Waals surface area contributed by atoms with Gasteiger partial charge in [-0.1, -0.05) is 0 Å². The Morgan fingerprint density at radius 1 is 0.609 bits per heavy atom. The molecule has 138 valence electrons. The van der Waals surface area contributed by atoms with E-state index < -0.39 is 42.2 Å². The second-order valence-corrected chi connectivity index (χ2v) is 3.64. The van der Waals surface area contributed by atoms with Crippen molar-refractivity contribution in [1.29, 1.82) is 0 Å². The van der Waals surface area contributed by atoms with Crippen LogP contribution in [0.5, 0.6) is 0 Å². The van der Waals surface area contributed by atoms with Crippen LogP contribution in [0.25, 0.3) is 0 Å². The molecule has 0 saturated heterocycles. The highest BCUT2D eigenvalue weighted by atomic mass is 19.4. The first-order valence-electron chi connectivity index (χ1n) is 4.51. The van der Waals surface area contributed by atoms with Gasteiger partial charge in [0.1, 0.15) is 0 Å². The number of ether oxygens (including phenoxy) is 1. The van der Waals surface area contributed by atoms with E-state index in [4.69, 9.17) is 0 Å². The molecular weight excluding hydrogens is 382 g/mol. The zero-order chi connectivity index (χ0) is 19.3. The van der Waals surface area contributed by atoms with Crippen molar-refractivity contribution in [3.05, 3.63) is 0 Å². The molecule has 0 aromatic rings. The summed E-state index contributed by atoms with van der Waals surface area (Å²) >= 11 is 0. The van der Waals surface area contributed by atoms with E-state index in [2.05, 4.69) is 0 Å². The molecule has 0 spiro atoms. The third kappa shape index (κ3) is 3.30. The Bertz CT molecular complexity index is 443. The molecule has 16 heteroatoms. The van der Waals surface area contributed by atoms with Crippen LogP contribution in [0.4, 0.5) is 61.5 Å². The Kier molecular flexibility index (Phi) is 5.02. The van der Waals surface area contributed by atoms with Crippen LogP contribution in [0, 0.1) is 0 Å². The van der Waals surface area contributed by atoms with Crippen molar-refractivity contribution in [3.63, 3.8) is 0 Å². The van der Waals surface area contributed by atoms with E-state index >= 15 is 0 Å². The molecule has 0 amide bonds. The minimum Gasteiger partial charge on any atom is -0.263 e. The Labute approximate surface area is 115 Å². The zero-order valence-electron chi connectivity index (χ0n) is 9.61. The lowest BCUT2D eigenvalue weighted by Crippen LogP contribution is -2.68. The molecule has 0 aliphatic carbocycles. The standard InChI is InChI=1S/C7F14O2/c8-1(22)2(9,4(11,12)13)23-7(20,21)3(10,5(14,15)16)6(17,18)19. The van der Waals surface area contributed by atoms with Crippen LogP contribution in [0.1, 0.15) is 0 Å². The number of halogens is 14. The highest BCUT2D eigenvalue weighted by molar-refractivity contribution is 5.77. The fourth-order valence-corrected chi connectivity index (χ4v) is 0.947. The predicted octanol–water partition coefficient (Wildman–Crippen LogP) is 4.15. The van der Waals surface area contributed by atoms with Crippen molar-refractivity contribution in [2.24, 2.45) is 0 Å². The minimum absolute atomic E-state index is 1.40. The molecule has 0 heterocycles. The molecule has 1 unspecified atom stereocenters. The van der Waals surface area contributed by atoms with Gasteiger partial charge in [-0.2, -0.15) is 57.1 Å². The van der Waals surface area contributed by atoms with Gasteiger partial charge in [0.05, 0.1) is 0 Å². The summed E-state index contributed by atoms with van der Waals surface area (Å²) in [6.45, 7) is 0. The van der Waals surface area contributed by atoms with E-state index in [1.54, 1.807) is 0 Å². The molecule has 0 rings (SSSR count). The van der Waals surface area contributed by atoms with Crippen molar-refractivity contribution < 1.29 is 71.0 Å². The third-order valence-corrected chi connectivity index (χ3v) is 2.07. The second kappa shape index (κ2) is 5.34. The lowest BCUT2D eigenvalue weighted by molar-refractivity contribution is -0.487. The van der Waals surface area contributed by atoms with E-state index in [1.807, 2.05) is 0 Å². The molecule has 0 radical (unpaired) electrons. The van der Waals surface area contributed by atoms with Crippen LogP contribution < -0.4 is 0 Å². The summed E-state index contributed by atoms with van der Waals surface area (Å²) in [5.41, 5.74) is -7.88. The van der Waals surface area contributed by atoms with Gasteiger partial charge in [-0.05, 0) is 0 Å². The molecule has 0 N–H and O–H groups in total. The number of hydrogen-bond donors (Lipinski definition) is 0. The number of carbonyl (C=O) groups excluding carboxylic acids is 1. The van der Waals surface area contributed by atoms with Gasteiger partial charge in [-0.3, -0.25) is 9.53 Å². The van der Waals surface area contributed by atoms with E-state index in [1.165, 1.54) is 4.74 Å². The van der Waals surface area contributed by atoms with Gasteiger partial charge in [0, 0.05) is 0 Å². The molecule has 0 aliphatic rings. The van der Waals surface area contributed by atoms with Crippen LogP contribution in [-0.4, -0.2) is 42.2 Å². The topological polar surface area (TPSA) is 26.3 Å². The zero-order valence-corrected chi connectivity index (χ0v) is 9.61. The normalized spacial score (nSPS) is 17.8. The number of carbonyl (C=O) groups is 1. The summed E-state index contributed by atoms with van der Waals surface area (Å²) in [6, 6.07) is -4.59. The van der Waals surface area contributed by atoms with E-state index in [9.17, 15) is 66.3 Å². The summed E-state index contributed by atoms with van der Waals surface area (Å²) in [5, 5.41) is 0. The number of alkyl halides is 13. The monoisotopic (exact) mass is 382 g/mol. The van der Waals surface area contributed by atoms with Gasteiger partial charge < -0.3 is 0 Å². The van der Waals surface area contributed by atoms with Crippen molar-refractivity contribution in [2.75, 3.05) is 0 Å². The average molecular weight is 382 g/mol. The first-order chi connectivity index (χ1) is 9.65. The van der Waals surface area contributed by atoms with Crippen molar-refractivity contribution in [1.82, 2.24) is 0 Å². The fraction of sp³-hybridized carbons (Fsp3) is 0.857. The van der Waals surface area contributed by atoms with Gasteiger partial charge >= 0.3 is 42.2 Å². The van der Waals surface area contributed by atoms with Crippen LogP contribution in [-0.2, 0) is 9.53 Å². The van der Waals surface area contributed by atoms with Gasteiger partial charge in [-0.15, -0.1) is 0 Å². The van der Waals surface area contributed by atoms with Crippen molar-refractivity contribution in [2.45, 2.75) is 36.2 Å². The molecule has 0 aromatic carbocycles. The Morgan fingerprint density at radius 3 is 1.09 bits per heavy atom. The van der Waals surface area contributed by atoms with E-state index in [0.29, 0.717) is 0 Å². The maximum absolute atomic E-state index is 12.9. The van der Waals surface area contributed by atoms with Crippen LogP contribution in [0.3, 0.4) is 0 Å². The van der Waals surface area contributed by atoms with Gasteiger partial charge in [0.25, 0.3) is 0 Å². The van der Waals surface area contributed by atoms with Gasteiger partial charge in [-0.25, -0.2) is 4.39 Å². The number of rotatable bonds is 4. The van der Waals surface area contributed by atoms with Crippen LogP contribution in [0.2, 0.25) is 0 Å². The molecule has 2 nitrogen and oxygen atoms in total. The Hall–Kier alpha value is -1.35. The maximum Gasteiger partial charge on any atom is 0.459 e. The summed E-state index contributed by atoms with van der Waals surface area (Å²) in [4.78, 5) is 9.71.